The fourth-order valence-electron chi connectivity index (χ4n) is 0.449. The fourth-order valence-corrected chi connectivity index (χ4v) is 0.449. The smallest absolute Gasteiger partial charge is 0.0793 e. The Balaban J connectivity index is 2.58. The van der Waals surface area contributed by atoms with E-state index in [4.69, 9.17) is 5.11 Å². The quantitative estimate of drug-likeness (QED) is 0.502. The molecule has 0 fully saturated rings. The van der Waals surface area contributed by atoms with Crippen LogP contribution in [0.3, 0.4) is 0 Å². The zero-order valence-electron chi connectivity index (χ0n) is 4.57. The minimum atomic E-state index is -0.440. The minimum Gasteiger partial charge on any atom is -0.389 e. The van der Waals surface area contributed by atoms with Crippen molar-refractivity contribution in [2.24, 2.45) is 5.10 Å². The van der Waals surface area contributed by atoms with E-state index in [9.17, 15) is 0 Å². The van der Waals surface area contributed by atoms with Gasteiger partial charge in [0.1, 0.15) is 0 Å². The molecule has 0 amide bonds. The summed E-state index contributed by atoms with van der Waals surface area (Å²) in [7, 11) is 0. The second kappa shape index (κ2) is 1.96. The number of aliphatic hydroxyl groups is 1. The van der Waals surface area contributed by atoms with Gasteiger partial charge in [-0.1, -0.05) is 0 Å². The maximum atomic E-state index is 8.83. The van der Waals surface area contributed by atoms with Crippen molar-refractivity contribution in [2.45, 2.75) is 13.0 Å². The summed E-state index contributed by atoms with van der Waals surface area (Å²) >= 11 is 0. The first-order valence-electron chi connectivity index (χ1n) is 2.42. The molecule has 3 heteroatoms. The molecule has 0 aromatic heterocycles. The van der Waals surface area contributed by atoms with E-state index in [1.165, 1.54) is 0 Å². The van der Waals surface area contributed by atoms with Crippen molar-refractivity contribution in [1.29, 1.82) is 0 Å². The van der Waals surface area contributed by atoms with Crippen molar-refractivity contribution in [3.8, 4) is 0 Å². The molecule has 0 saturated heterocycles. The SMILES string of the molecule is CC(O)C1=C[N]N=C1. The van der Waals surface area contributed by atoms with Crippen LogP contribution in [-0.4, -0.2) is 17.4 Å². The van der Waals surface area contributed by atoms with E-state index in [1.807, 2.05) is 0 Å². The van der Waals surface area contributed by atoms with E-state index in [-0.39, 0.29) is 0 Å². The van der Waals surface area contributed by atoms with Crippen LogP contribution in [0.15, 0.2) is 16.9 Å². The average Bonchev–Trinajstić information content (AvgIpc) is 2.12. The third kappa shape index (κ3) is 0.869. The molecule has 1 aliphatic rings. The summed E-state index contributed by atoms with van der Waals surface area (Å²) in [6, 6.07) is 0. The molecule has 1 N–H and O–H groups in total. The first-order chi connectivity index (χ1) is 3.80. The Morgan fingerprint density at radius 2 is 2.50 bits per heavy atom. The summed E-state index contributed by atoms with van der Waals surface area (Å²) in [5, 5.41) is 12.4. The van der Waals surface area contributed by atoms with Crippen molar-refractivity contribution in [1.82, 2.24) is 5.43 Å². The highest BCUT2D eigenvalue weighted by Crippen LogP contribution is 2.00. The lowest BCUT2D eigenvalue weighted by Crippen LogP contribution is -2.03. The first-order valence-corrected chi connectivity index (χ1v) is 2.42. The standard InChI is InChI=1S/C5H7N2O/c1-4(8)5-2-6-7-3-5/h2-4,8H,1H3. The third-order valence-electron chi connectivity index (χ3n) is 0.963. The second-order valence-corrected chi connectivity index (χ2v) is 1.67. The van der Waals surface area contributed by atoms with Crippen LogP contribution in [0.1, 0.15) is 6.92 Å². The lowest BCUT2D eigenvalue weighted by atomic mass is 10.2. The molecule has 0 aromatic carbocycles. The number of aliphatic hydroxyl groups excluding tert-OH is 1. The van der Waals surface area contributed by atoms with E-state index in [0.717, 1.165) is 5.57 Å². The average molecular weight is 111 g/mol. The van der Waals surface area contributed by atoms with Gasteiger partial charge in [0.15, 0.2) is 0 Å². The van der Waals surface area contributed by atoms with Gasteiger partial charge in [0.25, 0.3) is 0 Å². The molecule has 43 valence electrons. The highest BCUT2D eigenvalue weighted by atomic mass is 16.3. The summed E-state index contributed by atoms with van der Waals surface area (Å²) < 4.78 is 0. The van der Waals surface area contributed by atoms with Crippen molar-refractivity contribution < 1.29 is 5.11 Å². The van der Waals surface area contributed by atoms with Gasteiger partial charge in [-0.15, -0.1) is 0 Å². The summed E-state index contributed by atoms with van der Waals surface area (Å²) in [5.41, 5.74) is 4.30. The Hall–Kier alpha value is -0.830. The maximum absolute atomic E-state index is 8.83. The summed E-state index contributed by atoms with van der Waals surface area (Å²) in [6.45, 7) is 1.68. The lowest BCUT2D eigenvalue weighted by molar-refractivity contribution is 0.238. The molecule has 0 bridgehead atoms. The van der Waals surface area contributed by atoms with Crippen LogP contribution < -0.4 is 5.43 Å². The van der Waals surface area contributed by atoms with Gasteiger partial charge >= 0.3 is 0 Å². The van der Waals surface area contributed by atoms with E-state index in [1.54, 1.807) is 19.3 Å². The normalized spacial score (nSPS) is 20.0. The van der Waals surface area contributed by atoms with Crippen molar-refractivity contribution in [2.75, 3.05) is 0 Å². The Morgan fingerprint density at radius 1 is 1.75 bits per heavy atom. The summed E-state index contributed by atoms with van der Waals surface area (Å²) in [6.07, 6.45) is 2.65. The van der Waals surface area contributed by atoms with Crippen LogP contribution in [-0.2, 0) is 0 Å². The van der Waals surface area contributed by atoms with Crippen LogP contribution >= 0.6 is 0 Å². The Bertz CT molecular complexity index is 137. The van der Waals surface area contributed by atoms with Crippen molar-refractivity contribution >= 4 is 6.21 Å². The zero-order chi connectivity index (χ0) is 5.98. The summed E-state index contributed by atoms with van der Waals surface area (Å²) in [4.78, 5) is 0. The highest BCUT2D eigenvalue weighted by molar-refractivity contribution is 5.80. The lowest BCUT2D eigenvalue weighted by Gasteiger charge is -1.96. The van der Waals surface area contributed by atoms with Gasteiger partial charge in [0.05, 0.1) is 18.5 Å². The number of rotatable bonds is 1. The molecule has 3 nitrogen and oxygen atoms in total. The Labute approximate surface area is 47.7 Å². The van der Waals surface area contributed by atoms with Gasteiger partial charge in [-0.3, -0.25) is 0 Å². The third-order valence-corrected chi connectivity index (χ3v) is 0.963. The van der Waals surface area contributed by atoms with E-state index < -0.39 is 6.10 Å². The number of hydrogen-bond donors (Lipinski definition) is 1. The molecule has 1 aliphatic heterocycles. The first kappa shape index (κ1) is 5.31. The van der Waals surface area contributed by atoms with Gasteiger partial charge < -0.3 is 5.11 Å². The molecule has 8 heavy (non-hydrogen) atoms. The Kier molecular flexibility index (Phi) is 1.30. The molecule has 0 spiro atoms. The van der Waals surface area contributed by atoms with Gasteiger partial charge in [0, 0.05) is 5.57 Å². The van der Waals surface area contributed by atoms with Gasteiger partial charge in [0.2, 0.25) is 0 Å². The minimum absolute atomic E-state index is 0.440. The molecule has 0 saturated carbocycles. The van der Waals surface area contributed by atoms with Crippen LogP contribution in [0.2, 0.25) is 0 Å². The monoisotopic (exact) mass is 111 g/mol. The molecule has 1 atom stereocenters. The molecular formula is C5H7N2O. The van der Waals surface area contributed by atoms with Crippen LogP contribution in [0.4, 0.5) is 0 Å². The predicted molar refractivity (Wildman–Crippen MR) is 30.4 cm³/mol. The fraction of sp³-hybridized carbons (Fsp3) is 0.400. The van der Waals surface area contributed by atoms with Crippen LogP contribution in [0.25, 0.3) is 0 Å². The zero-order valence-corrected chi connectivity index (χ0v) is 4.57. The van der Waals surface area contributed by atoms with E-state index in [0.29, 0.717) is 0 Å². The highest BCUT2D eigenvalue weighted by Gasteiger charge is 2.04. The predicted octanol–water partition coefficient (Wildman–Crippen LogP) is -0.145. The molecule has 1 heterocycles. The number of hydrogen-bond acceptors (Lipinski definition) is 2. The van der Waals surface area contributed by atoms with Gasteiger partial charge in [-0.25, -0.2) is 0 Å². The molecule has 1 radical (unpaired) electrons. The Morgan fingerprint density at radius 3 is 2.75 bits per heavy atom. The summed E-state index contributed by atoms with van der Waals surface area (Å²) in [5.74, 6) is 0. The largest absolute Gasteiger partial charge is 0.389 e. The topological polar surface area (TPSA) is 46.7 Å². The van der Waals surface area contributed by atoms with Gasteiger partial charge in [-0.05, 0) is 6.92 Å². The van der Waals surface area contributed by atoms with E-state index >= 15 is 0 Å². The molecule has 0 aromatic rings. The molecular weight excluding hydrogens is 104 g/mol. The van der Waals surface area contributed by atoms with E-state index in [2.05, 4.69) is 10.5 Å². The van der Waals surface area contributed by atoms with Gasteiger partial charge in [-0.2, -0.15) is 10.5 Å². The molecule has 1 unspecified atom stereocenters. The van der Waals surface area contributed by atoms with Crippen molar-refractivity contribution in [3.63, 3.8) is 0 Å². The number of nitrogens with zero attached hydrogens (tertiary/aromatic N) is 2. The van der Waals surface area contributed by atoms with Crippen LogP contribution in [0.5, 0.6) is 0 Å². The second-order valence-electron chi connectivity index (χ2n) is 1.67. The maximum Gasteiger partial charge on any atom is 0.0793 e. The molecule has 0 aliphatic carbocycles. The molecule has 1 rings (SSSR count). The van der Waals surface area contributed by atoms with Crippen molar-refractivity contribution in [3.05, 3.63) is 11.8 Å². The van der Waals surface area contributed by atoms with Crippen LogP contribution in [0, 0.1) is 0 Å².